The number of anilines is 1. The molecule has 0 amide bonds. The molecule has 2 aromatic rings. The molecule has 0 saturated carbocycles. The molecule has 0 fully saturated rings. The number of aliphatic hydroxyl groups excluding tert-OH is 1. The number of hydrogen-bond acceptors (Lipinski definition) is 2. The zero-order valence-electron chi connectivity index (χ0n) is 10.3. The molecule has 0 heterocycles. The summed E-state index contributed by atoms with van der Waals surface area (Å²) in [6, 6.07) is 12.4. The third kappa shape index (κ3) is 3.08. The number of aliphatic hydroxyl groups is 1. The van der Waals surface area contributed by atoms with Crippen molar-refractivity contribution in [1.29, 1.82) is 0 Å². The van der Waals surface area contributed by atoms with E-state index in [0.717, 1.165) is 22.4 Å². The maximum absolute atomic E-state index is 12.9. The summed E-state index contributed by atoms with van der Waals surface area (Å²) in [5.74, 6) is -0.217. The summed E-state index contributed by atoms with van der Waals surface area (Å²) in [5.41, 5.74) is 3.84. The lowest BCUT2D eigenvalue weighted by atomic mass is 10.1. The van der Waals surface area contributed by atoms with Crippen molar-refractivity contribution in [2.75, 3.05) is 5.32 Å². The van der Waals surface area contributed by atoms with Crippen LogP contribution in [-0.4, -0.2) is 5.11 Å². The Bertz CT molecular complexity index is 523. The molecule has 0 atom stereocenters. The Hall–Kier alpha value is -1.87. The molecule has 0 aliphatic carbocycles. The molecule has 3 heteroatoms. The average molecular weight is 245 g/mol. The van der Waals surface area contributed by atoms with E-state index in [1.165, 1.54) is 12.1 Å². The van der Waals surface area contributed by atoms with Gasteiger partial charge in [0.2, 0.25) is 0 Å². The van der Waals surface area contributed by atoms with E-state index in [1.807, 2.05) is 31.2 Å². The van der Waals surface area contributed by atoms with Crippen LogP contribution in [0.25, 0.3) is 0 Å². The van der Waals surface area contributed by atoms with Gasteiger partial charge in [0.05, 0.1) is 6.61 Å². The van der Waals surface area contributed by atoms with Crippen LogP contribution >= 0.6 is 0 Å². The van der Waals surface area contributed by atoms with E-state index in [4.69, 9.17) is 5.11 Å². The van der Waals surface area contributed by atoms with Crippen LogP contribution in [0.5, 0.6) is 0 Å². The number of benzene rings is 2. The first-order valence-corrected chi connectivity index (χ1v) is 5.88. The quantitative estimate of drug-likeness (QED) is 0.866. The van der Waals surface area contributed by atoms with Crippen molar-refractivity contribution in [3.8, 4) is 0 Å². The molecule has 2 aromatic carbocycles. The maximum atomic E-state index is 12.9. The van der Waals surface area contributed by atoms with Gasteiger partial charge in [-0.05, 0) is 41.8 Å². The minimum absolute atomic E-state index is 0.0603. The van der Waals surface area contributed by atoms with Crippen molar-refractivity contribution in [2.24, 2.45) is 0 Å². The van der Waals surface area contributed by atoms with Crippen LogP contribution in [0.15, 0.2) is 42.5 Å². The molecule has 2 rings (SSSR count). The van der Waals surface area contributed by atoms with Crippen LogP contribution in [-0.2, 0) is 13.2 Å². The first-order chi connectivity index (χ1) is 8.69. The lowest BCUT2D eigenvalue weighted by Crippen LogP contribution is -2.01. The highest BCUT2D eigenvalue weighted by Crippen LogP contribution is 2.16. The van der Waals surface area contributed by atoms with Gasteiger partial charge >= 0.3 is 0 Å². The fourth-order valence-corrected chi connectivity index (χ4v) is 1.79. The minimum Gasteiger partial charge on any atom is -0.392 e. The molecule has 94 valence electrons. The van der Waals surface area contributed by atoms with Crippen LogP contribution in [0.3, 0.4) is 0 Å². The Morgan fingerprint density at radius 1 is 1.06 bits per heavy atom. The zero-order valence-corrected chi connectivity index (χ0v) is 10.3. The van der Waals surface area contributed by atoms with Crippen molar-refractivity contribution in [1.82, 2.24) is 0 Å². The maximum Gasteiger partial charge on any atom is 0.123 e. The van der Waals surface area contributed by atoms with Crippen molar-refractivity contribution in [3.05, 3.63) is 65.0 Å². The van der Waals surface area contributed by atoms with Crippen molar-refractivity contribution >= 4 is 5.69 Å². The summed E-state index contributed by atoms with van der Waals surface area (Å²) in [6.45, 7) is 2.61. The van der Waals surface area contributed by atoms with E-state index in [2.05, 4.69) is 5.32 Å². The topological polar surface area (TPSA) is 32.3 Å². The van der Waals surface area contributed by atoms with Crippen molar-refractivity contribution < 1.29 is 9.50 Å². The second-order valence-corrected chi connectivity index (χ2v) is 4.29. The second-order valence-electron chi connectivity index (χ2n) is 4.29. The SMILES string of the molecule is Cc1cc(F)ccc1NCc1ccc(CO)cc1. The third-order valence-electron chi connectivity index (χ3n) is 2.88. The Kier molecular flexibility index (Phi) is 3.95. The molecule has 18 heavy (non-hydrogen) atoms. The van der Waals surface area contributed by atoms with E-state index >= 15 is 0 Å². The lowest BCUT2D eigenvalue weighted by molar-refractivity contribution is 0.282. The van der Waals surface area contributed by atoms with Crippen LogP contribution in [0.2, 0.25) is 0 Å². The van der Waals surface area contributed by atoms with Gasteiger partial charge in [-0.3, -0.25) is 0 Å². The summed E-state index contributed by atoms with van der Waals surface area (Å²) in [4.78, 5) is 0. The Morgan fingerprint density at radius 2 is 1.72 bits per heavy atom. The van der Waals surface area contributed by atoms with Crippen LogP contribution < -0.4 is 5.32 Å². The molecular weight excluding hydrogens is 229 g/mol. The number of aryl methyl sites for hydroxylation is 1. The zero-order chi connectivity index (χ0) is 13.0. The summed E-state index contributed by atoms with van der Waals surface area (Å²) >= 11 is 0. The van der Waals surface area contributed by atoms with Crippen molar-refractivity contribution in [3.63, 3.8) is 0 Å². The average Bonchev–Trinajstić information content (AvgIpc) is 2.38. The molecule has 0 aliphatic rings. The molecule has 0 spiro atoms. The van der Waals surface area contributed by atoms with E-state index in [1.54, 1.807) is 6.07 Å². The minimum atomic E-state index is -0.217. The highest BCUT2D eigenvalue weighted by molar-refractivity contribution is 5.50. The molecule has 0 aliphatic heterocycles. The van der Waals surface area contributed by atoms with Gasteiger partial charge in [-0.25, -0.2) is 4.39 Å². The standard InChI is InChI=1S/C15H16FNO/c1-11-8-14(16)6-7-15(11)17-9-12-2-4-13(10-18)5-3-12/h2-8,17-18H,9-10H2,1H3. The van der Waals surface area contributed by atoms with E-state index < -0.39 is 0 Å². The molecule has 2 nitrogen and oxygen atoms in total. The number of rotatable bonds is 4. The Balaban J connectivity index is 2.02. The van der Waals surface area contributed by atoms with Gasteiger partial charge in [-0.1, -0.05) is 24.3 Å². The van der Waals surface area contributed by atoms with Crippen LogP contribution in [0.4, 0.5) is 10.1 Å². The molecule has 0 bridgehead atoms. The van der Waals surface area contributed by atoms with E-state index in [9.17, 15) is 4.39 Å². The van der Waals surface area contributed by atoms with Gasteiger partial charge in [0.1, 0.15) is 5.82 Å². The third-order valence-corrected chi connectivity index (χ3v) is 2.88. The monoisotopic (exact) mass is 245 g/mol. The first kappa shape index (κ1) is 12.6. The van der Waals surface area contributed by atoms with Crippen molar-refractivity contribution in [2.45, 2.75) is 20.1 Å². The molecule has 0 aromatic heterocycles. The predicted molar refractivity (Wildman–Crippen MR) is 70.8 cm³/mol. The highest BCUT2D eigenvalue weighted by atomic mass is 19.1. The van der Waals surface area contributed by atoms with Gasteiger partial charge in [0.25, 0.3) is 0 Å². The normalized spacial score (nSPS) is 10.4. The summed E-state index contributed by atoms with van der Waals surface area (Å²) < 4.78 is 12.9. The lowest BCUT2D eigenvalue weighted by Gasteiger charge is -2.10. The summed E-state index contributed by atoms with van der Waals surface area (Å²) in [6.07, 6.45) is 0. The van der Waals surface area contributed by atoms with Gasteiger partial charge in [0.15, 0.2) is 0 Å². The molecule has 0 saturated heterocycles. The summed E-state index contributed by atoms with van der Waals surface area (Å²) in [7, 11) is 0. The predicted octanol–water partition coefficient (Wildman–Crippen LogP) is 3.24. The van der Waals surface area contributed by atoms with Crippen LogP contribution in [0.1, 0.15) is 16.7 Å². The van der Waals surface area contributed by atoms with E-state index in [-0.39, 0.29) is 12.4 Å². The number of nitrogens with one attached hydrogen (secondary N) is 1. The molecule has 0 unspecified atom stereocenters. The van der Waals surface area contributed by atoms with E-state index in [0.29, 0.717) is 6.54 Å². The Morgan fingerprint density at radius 3 is 2.33 bits per heavy atom. The van der Waals surface area contributed by atoms with Gasteiger partial charge < -0.3 is 10.4 Å². The van der Waals surface area contributed by atoms with Gasteiger partial charge in [-0.2, -0.15) is 0 Å². The molecule has 0 radical (unpaired) electrons. The second kappa shape index (κ2) is 5.65. The molecular formula is C15H16FNO. The van der Waals surface area contributed by atoms with Crippen LogP contribution in [0, 0.1) is 12.7 Å². The number of hydrogen-bond donors (Lipinski definition) is 2. The number of halogens is 1. The Labute approximate surface area is 106 Å². The fraction of sp³-hybridized carbons (Fsp3) is 0.200. The van der Waals surface area contributed by atoms with Gasteiger partial charge in [-0.15, -0.1) is 0 Å². The molecule has 2 N–H and O–H groups in total. The first-order valence-electron chi connectivity index (χ1n) is 5.88. The fourth-order valence-electron chi connectivity index (χ4n) is 1.79. The van der Waals surface area contributed by atoms with Gasteiger partial charge in [0, 0.05) is 12.2 Å². The smallest absolute Gasteiger partial charge is 0.123 e. The largest absolute Gasteiger partial charge is 0.392 e. The summed E-state index contributed by atoms with van der Waals surface area (Å²) in [5, 5.41) is 12.2. The highest BCUT2D eigenvalue weighted by Gasteiger charge is 2.00.